The number of carbonyl (C=O) groups is 2. The maximum atomic E-state index is 10.7. The molecule has 0 unspecified atom stereocenters. The third-order valence-corrected chi connectivity index (χ3v) is 1.39. The minimum atomic E-state index is -0.742. The summed E-state index contributed by atoms with van der Waals surface area (Å²) in [5.74, 6) is -0.895. The Hall–Kier alpha value is 2.90. The molecular weight excluding hydrogens is 254 g/mol. The van der Waals surface area contributed by atoms with E-state index in [-0.39, 0.29) is 137 Å². The number of ether oxygens (including phenoxy) is 2. The van der Waals surface area contributed by atoms with Gasteiger partial charge < -0.3 is 15.2 Å². The molecule has 0 saturated carbocycles. The molecular formula is C7H17NNa4O4. The van der Waals surface area contributed by atoms with Crippen LogP contribution in [0.2, 0.25) is 0 Å². The molecule has 1 atom stereocenters. The molecule has 78 valence electrons. The van der Waals surface area contributed by atoms with E-state index in [1.165, 1.54) is 14.2 Å². The van der Waals surface area contributed by atoms with Crippen LogP contribution < -0.4 is 5.73 Å². The van der Waals surface area contributed by atoms with Crippen molar-refractivity contribution in [3.63, 3.8) is 0 Å². The Kier molecular flexibility index (Phi) is 39.6. The zero-order chi connectivity index (χ0) is 9.56. The summed E-state index contributed by atoms with van der Waals surface area (Å²) < 4.78 is 8.73. The van der Waals surface area contributed by atoms with E-state index < -0.39 is 12.0 Å². The van der Waals surface area contributed by atoms with Crippen molar-refractivity contribution in [2.24, 2.45) is 5.73 Å². The SMILES string of the molecule is COC(=O)CC[C@H](N)C(=O)OC.[NaH].[NaH].[NaH].[NaH]. The summed E-state index contributed by atoms with van der Waals surface area (Å²) in [4.78, 5) is 21.3. The van der Waals surface area contributed by atoms with E-state index in [0.29, 0.717) is 0 Å². The number of rotatable bonds is 4. The fraction of sp³-hybridized carbons (Fsp3) is 0.714. The van der Waals surface area contributed by atoms with Crippen LogP contribution in [-0.4, -0.2) is 150 Å². The van der Waals surface area contributed by atoms with Gasteiger partial charge in [-0.2, -0.15) is 0 Å². The van der Waals surface area contributed by atoms with Crippen LogP contribution in [0, 0.1) is 0 Å². The van der Waals surface area contributed by atoms with Gasteiger partial charge in [0.2, 0.25) is 0 Å². The van der Waals surface area contributed by atoms with Crippen LogP contribution in [0.1, 0.15) is 12.8 Å². The molecule has 9 heteroatoms. The van der Waals surface area contributed by atoms with Crippen molar-refractivity contribution >= 4 is 130 Å². The van der Waals surface area contributed by atoms with Crippen molar-refractivity contribution in [1.29, 1.82) is 0 Å². The van der Waals surface area contributed by atoms with Crippen LogP contribution in [0.5, 0.6) is 0 Å². The number of hydrogen-bond acceptors (Lipinski definition) is 5. The van der Waals surface area contributed by atoms with Gasteiger partial charge in [0.25, 0.3) is 0 Å². The Balaban J connectivity index is -0.000000101. The molecule has 0 aromatic heterocycles. The Bertz CT molecular complexity index is 182. The van der Waals surface area contributed by atoms with Crippen molar-refractivity contribution < 1.29 is 19.1 Å². The fourth-order valence-corrected chi connectivity index (χ4v) is 0.645. The molecule has 5 nitrogen and oxygen atoms in total. The van der Waals surface area contributed by atoms with Gasteiger partial charge in [-0.1, -0.05) is 0 Å². The quantitative estimate of drug-likeness (QED) is 0.431. The first-order chi connectivity index (χ1) is 5.61. The molecule has 0 fully saturated rings. The third kappa shape index (κ3) is 16.9. The van der Waals surface area contributed by atoms with Crippen LogP contribution >= 0.6 is 0 Å². The molecule has 0 saturated heterocycles. The molecule has 0 heterocycles. The van der Waals surface area contributed by atoms with E-state index >= 15 is 0 Å². The normalized spacial score (nSPS) is 8.94. The van der Waals surface area contributed by atoms with Gasteiger partial charge in [0.15, 0.2) is 0 Å². The van der Waals surface area contributed by atoms with E-state index in [9.17, 15) is 9.59 Å². The number of nitrogens with two attached hydrogens (primary N) is 1. The minimum absolute atomic E-state index is 0. The molecule has 0 aromatic rings. The van der Waals surface area contributed by atoms with Crippen molar-refractivity contribution in [3.05, 3.63) is 0 Å². The summed E-state index contributed by atoms with van der Waals surface area (Å²) in [6.07, 6.45) is 0.381. The number of esters is 2. The molecule has 0 aliphatic carbocycles. The summed E-state index contributed by atoms with van der Waals surface area (Å²) in [5, 5.41) is 0. The van der Waals surface area contributed by atoms with Crippen LogP contribution in [0.25, 0.3) is 0 Å². The first-order valence-corrected chi connectivity index (χ1v) is 3.52. The molecule has 0 radical (unpaired) electrons. The third-order valence-electron chi connectivity index (χ3n) is 1.39. The number of methoxy groups -OCH3 is 2. The monoisotopic (exact) mass is 271 g/mol. The van der Waals surface area contributed by atoms with Crippen LogP contribution in [-0.2, 0) is 19.1 Å². The van der Waals surface area contributed by atoms with Gasteiger partial charge >= 0.3 is 130 Å². The van der Waals surface area contributed by atoms with Gasteiger partial charge in [-0.15, -0.1) is 0 Å². The molecule has 2 N–H and O–H groups in total. The van der Waals surface area contributed by atoms with E-state index in [1.54, 1.807) is 0 Å². The second kappa shape index (κ2) is 20.2. The van der Waals surface area contributed by atoms with Gasteiger partial charge in [0.05, 0.1) is 14.2 Å². The molecule has 0 aliphatic rings. The second-order valence-electron chi connectivity index (χ2n) is 2.24. The van der Waals surface area contributed by atoms with E-state index in [4.69, 9.17) is 5.73 Å². The zero-order valence-electron chi connectivity index (χ0n) is 7.20. The van der Waals surface area contributed by atoms with Gasteiger partial charge in [-0.25, -0.2) is 0 Å². The first-order valence-electron chi connectivity index (χ1n) is 3.52. The van der Waals surface area contributed by atoms with Gasteiger partial charge in [0.1, 0.15) is 6.04 Å². The average molecular weight is 271 g/mol. The Labute approximate surface area is 184 Å². The van der Waals surface area contributed by atoms with Crippen LogP contribution in [0.4, 0.5) is 0 Å². The number of hydrogen-bond donors (Lipinski definition) is 1. The van der Waals surface area contributed by atoms with E-state index in [1.807, 2.05) is 0 Å². The molecule has 0 bridgehead atoms. The van der Waals surface area contributed by atoms with Gasteiger partial charge in [0, 0.05) is 6.42 Å². The Morgan fingerprint density at radius 3 is 1.81 bits per heavy atom. The van der Waals surface area contributed by atoms with E-state index in [2.05, 4.69) is 9.47 Å². The topological polar surface area (TPSA) is 78.6 Å². The Morgan fingerprint density at radius 1 is 1.06 bits per heavy atom. The fourth-order valence-electron chi connectivity index (χ4n) is 0.645. The molecule has 0 aliphatic heterocycles. The summed E-state index contributed by atoms with van der Waals surface area (Å²) in [5.41, 5.74) is 5.35. The maximum absolute atomic E-state index is 10.7. The number of carbonyl (C=O) groups excluding carboxylic acids is 2. The summed E-state index contributed by atoms with van der Waals surface area (Å²) in [7, 11) is 2.53. The van der Waals surface area contributed by atoms with Crippen molar-refractivity contribution in [3.8, 4) is 0 Å². The molecule has 0 rings (SSSR count). The molecule has 0 amide bonds. The van der Waals surface area contributed by atoms with Gasteiger partial charge in [-0.05, 0) is 6.42 Å². The zero-order valence-corrected chi connectivity index (χ0v) is 7.20. The van der Waals surface area contributed by atoms with Crippen molar-refractivity contribution in [2.45, 2.75) is 18.9 Å². The van der Waals surface area contributed by atoms with Crippen LogP contribution in [0.15, 0.2) is 0 Å². The molecule has 16 heavy (non-hydrogen) atoms. The van der Waals surface area contributed by atoms with Gasteiger partial charge in [-0.3, -0.25) is 9.59 Å². The van der Waals surface area contributed by atoms with Crippen LogP contribution in [0.3, 0.4) is 0 Å². The molecule has 0 spiro atoms. The van der Waals surface area contributed by atoms with Crippen molar-refractivity contribution in [1.82, 2.24) is 0 Å². The molecule has 0 aromatic carbocycles. The average Bonchev–Trinajstić information content (AvgIpc) is 2.11. The summed E-state index contributed by atoms with van der Waals surface area (Å²) in [6, 6.07) is -0.742. The predicted molar refractivity (Wildman–Crippen MR) is 69.8 cm³/mol. The first kappa shape index (κ1) is 31.3. The predicted octanol–water partition coefficient (Wildman–Crippen LogP) is -3.15. The Morgan fingerprint density at radius 2 is 1.50 bits per heavy atom. The standard InChI is InChI=1S/C7H13NO4.4Na.4H/c1-11-6(9)4-3-5(8)7(10)12-2;;;;;;;;/h5H,3-4,8H2,1-2H3;;;;;;;;/t5-;;;;;;;;/m0......../s1. The summed E-state index contributed by atoms with van der Waals surface area (Å²) >= 11 is 0. The summed E-state index contributed by atoms with van der Waals surface area (Å²) in [6.45, 7) is 0. The second-order valence-corrected chi connectivity index (χ2v) is 2.24. The van der Waals surface area contributed by atoms with E-state index in [0.717, 1.165) is 0 Å². The van der Waals surface area contributed by atoms with Crippen molar-refractivity contribution in [2.75, 3.05) is 14.2 Å².